The predicted octanol–water partition coefficient (Wildman–Crippen LogP) is 4.34. The van der Waals surface area contributed by atoms with Gasteiger partial charge in [0.15, 0.2) is 0 Å². The number of ketones is 1. The van der Waals surface area contributed by atoms with E-state index in [1.807, 2.05) is 30.3 Å². The Bertz CT molecular complexity index is 1230. The molecule has 0 bridgehead atoms. The van der Waals surface area contributed by atoms with Crippen LogP contribution in [0.2, 0.25) is 0 Å². The van der Waals surface area contributed by atoms with E-state index >= 15 is 0 Å². The molecule has 33 heavy (non-hydrogen) atoms. The van der Waals surface area contributed by atoms with E-state index in [9.17, 15) is 14.7 Å². The van der Waals surface area contributed by atoms with Crippen LogP contribution in [0.1, 0.15) is 17.2 Å². The molecule has 1 fully saturated rings. The Kier molecular flexibility index (Phi) is 6.04. The van der Waals surface area contributed by atoms with Gasteiger partial charge in [-0.3, -0.25) is 14.5 Å². The third-order valence-corrected chi connectivity index (χ3v) is 5.56. The van der Waals surface area contributed by atoms with E-state index in [4.69, 9.17) is 14.2 Å². The van der Waals surface area contributed by atoms with Crippen LogP contribution in [0.3, 0.4) is 0 Å². The number of hydrogen-bond acceptors (Lipinski definition) is 6. The summed E-state index contributed by atoms with van der Waals surface area (Å²) in [6, 6.07) is 20.0. The van der Waals surface area contributed by atoms with Crippen LogP contribution >= 0.6 is 0 Å². The lowest BCUT2D eigenvalue weighted by Gasteiger charge is -2.25. The summed E-state index contributed by atoms with van der Waals surface area (Å²) in [5.74, 6) is -0.482. The third kappa shape index (κ3) is 3.89. The molecule has 7 nitrogen and oxygen atoms in total. The van der Waals surface area contributed by atoms with Gasteiger partial charge in [-0.05, 0) is 29.8 Å². The Morgan fingerprint density at radius 1 is 0.818 bits per heavy atom. The summed E-state index contributed by atoms with van der Waals surface area (Å²) in [7, 11) is 4.50. The van der Waals surface area contributed by atoms with Crippen LogP contribution < -0.4 is 19.1 Å². The lowest BCUT2D eigenvalue weighted by molar-refractivity contribution is -0.132. The van der Waals surface area contributed by atoms with Crippen molar-refractivity contribution in [3.8, 4) is 17.2 Å². The number of ether oxygens (including phenoxy) is 3. The van der Waals surface area contributed by atoms with Crippen LogP contribution in [0.15, 0.2) is 78.4 Å². The van der Waals surface area contributed by atoms with Crippen LogP contribution in [0.25, 0.3) is 5.76 Å². The molecule has 3 aromatic rings. The second kappa shape index (κ2) is 9.08. The molecule has 168 valence electrons. The fraction of sp³-hybridized carbons (Fsp3) is 0.154. The first kappa shape index (κ1) is 22.0. The highest BCUT2D eigenvalue weighted by molar-refractivity contribution is 6.51. The zero-order chi connectivity index (χ0) is 23.5. The van der Waals surface area contributed by atoms with Crippen LogP contribution in [0, 0.1) is 0 Å². The highest BCUT2D eigenvalue weighted by atomic mass is 16.5. The Morgan fingerprint density at radius 2 is 1.52 bits per heavy atom. The summed E-state index contributed by atoms with van der Waals surface area (Å²) in [5.41, 5.74) is 1.40. The number of carbonyl (C=O) groups is 2. The van der Waals surface area contributed by atoms with E-state index in [0.29, 0.717) is 28.5 Å². The molecule has 0 radical (unpaired) electrons. The molecule has 0 aromatic heterocycles. The van der Waals surface area contributed by atoms with Gasteiger partial charge in [-0.1, -0.05) is 36.4 Å². The normalized spacial score (nSPS) is 17.2. The number of nitrogens with zero attached hydrogens (tertiary/aromatic N) is 1. The summed E-state index contributed by atoms with van der Waals surface area (Å²) in [6.45, 7) is 0. The maximum atomic E-state index is 13.3. The van der Waals surface area contributed by atoms with E-state index in [0.717, 1.165) is 0 Å². The summed E-state index contributed by atoms with van der Waals surface area (Å²) in [6.07, 6.45) is 0. The number of carbonyl (C=O) groups excluding carboxylic acids is 2. The summed E-state index contributed by atoms with van der Waals surface area (Å²) >= 11 is 0. The van der Waals surface area contributed by atoms with Crippen molar-refractivity contribution in [1.29, 1.82) is 0 Å². The van der Waals surface area contributed by atoms with Gasteiger partial charge in [0.2, 0.25) is 0 Å². The predicted molar refractivity (Wildman–Crippen MR) is 124 cm³/mol. The van der Waals surface area contributed by atoms with Crippen molar-refractivity contribution < 1.29 is 28.9 Å². The van der Waals surface area contributed by atoms with Crippen LogP contribution in [-0.2, 0) is 9.59 Å². The molecule has 7 heteroatoms. The van der Waals surface area contributed by atoms with Crippen molar-refractivity contribution >= 4 is 23.1 Å². The number of benzene rings is 3. The SMILES string of the molecule is COc1cccc(N2C(=O)C(=O)/C(=C(\O)c3ccc(OC)cc3OC)C2c2ccccc2)c1. The smallest absolute Gasteiger partial charge is 0.300 e. The van der Waals surface area contributed by atoms with Crippen molar-refractivity contribution in [2.75, 3.05) is 26.2 Å². The van der Waals surface area contributed by atoms with Crippen LogP contribution in [-0.4, -0.2) is 38.1 Å². The summed E-state index contributed by atoms with van der Waals surface area (Å²) < 4.78 is 15.9. The maximum Gasteiger partial charge on any atom is 0.300 e. The van der Waals surface area contributed by atoms with E-state index < -0.39 is 17.7 Å². The summed E-state index contributed by atoms with van der Waals surface area (Å²) in [5, 5.41) is 11.3. The molecule has 1 N–H and O–H groups in total. The average molecular weight is 445 g/mol. The largest absolute Gasteiger partial charge is 0.507 e. The third-order valence-electron chi connectivity index (χ3n) is 5.56. The molecule has 1 amide bonds. The van der Waals surface area contributed by atoms with Gasteiger partial charge >= 0.3 is 0 Å². The first-order chi connectivity index (χ1) is 16.0. The van der Waals surface area contributed by atoms with Crippen molar-refractivity contribution in [2.24, 2.45) is 0 Å². The molecule has 1 aliphatic rings. The molecular weight excluding hydrogens is 422 g/mol. The van der Waals surface area contributed by atoms with E-state index in [1.165, 1.54) is 26.2 Å². The van der Waals surface area contributed by atoms with Crippen LogP contribution in [0.5, 0.6) is 17.2 Å². The average Bonchev–Trinajstić information content (AvgIpc) is 3.14. The van der Waals surface area contributed by atoms with E-state index in [2.05, 4.69) is 0 Å². The Balaban J connectivity index is 1.95. The number of hydrogen-bond donors (Lipinski definition) is 1. The molecule has 0 saturated carbocycles. The number of amides is 1. The quantitative estimate of drug-likeness (QED) is 0.345. The number of aliphatic hydroxyl groups is 1. The van der Waals surface area contributed by atoms with Gasteiger partial charge in [0.05, 0.1) is 38.5 Å². The topological polar surface area (TPSA) is 85.3 Å². The van der Waals surface area contributed by atoms with Gasteiger partial charge < -0.3 is 19.3 Å². The van der Waals surface area contributed by atoms with Gasteiger partial charge in [-0.2, -0.15) is 0 Å². The number of rotatable bonds is 6. The van der Waals surface area contributed by atoms with Crippen molar-refractivity contribution in [3.05, 3.63) is 89.5 Å². The first-order valence-electron chi connectivity index (χ1n) is 10.2. The van der Waals surface area contributed by atoms with Crippen molar-refractivity contribution in [3.63, 3.8) is 0 Å². The standard InChI is InChI=1S/C26H23NO6/c1-31-18-11-7-10-17(14-18)27-23(16-8-5-4-6-9-16)22(25(29)26(27)30)24(28)20-13-12-19(32-2)15-21(20)33-3/h4-15,23,28H,1-3H3/b24-22-. The van der Waals surface area contributed by atoms with Crippen molar-refractivity contribution in [2.45, 2.75) is 6.04 Å². The molecular formula is C26H23NO6. The second-order valence-electron chi connectivity index (χ2n) is 7.35. The highest BCUT2D eigenvalue weighted by Crippen LogP contribution is 2.44. The Morgan fingerprint density at radius 3 is 2.18 bits per heavy atom. The Labute approximate surface area is 191 Å². The zero-order valence-corrected chi connectivity index (χ0v) is 18.4. The van der Waals surface area contributed by atoms with Gasteiger partial charge in [0.25, 0.3) is 11.7 Å². The first-order valence-corrected chi connectivity index (χ1v) is 10.2. The maximum absolute atomic E-state index is 13.3. The molecule has 1 aliphatic heterocycles. The number of anilines is 1. The van der Waals surface area contributed by atoms with Crippen LogP contribution in [0.4, 0.5) is 5.69 Å². The minimum Gasteiger partial charge on any atom is -0.507 e. The minimum atomic E-state index is -0.842. The fourth-order valence-corrected chi connectivity index (χ4v) is 3.95. The zero-order valence-electron chi connectivity index (χ0n) is 18.4. The second-order valence-corrected chi connectivity index (χ2v) is 7.35. The monoisotopic (exact) mass is 445 g/mol. The molecule has 1 atom stereocenters. The molecule has 1 unspecified atom stereocenters. The molecule has 1 heterocycles. The number of aliphatic hydroxyl groups excluding tert-OH is 1. The summed E-state index contributed by atoms with van der Waals surface area (Å²) in [4.78, 5) is 27.9. The van der Waals surface area contributed by atoms with Gasteiger partial charge in [-0.25, -0.2) is 0 Å². The lowest BCUT2D eigenvalue weighted by Crippen LogP contribution is -2.29. The number of methoxy groups -OCH3 is 3. The van der Waals surface area contributed by atoms with Gasteiger partial charge in [-0.15, -0.1) is 0 Å². The van der Waals surface area contributed by atoms with Crippen molar-refractivity contribution in [1.82, 2.24) is 0 Å². The molecule has 0 spiro atoms. The van der Waals surface area contributed by atoms with Gasteiger partial charge in [0.1, 0.15) is 23.0 Å². The highest BCUT2D eigenvalue weighted by Gasteiger charge is 2.47. The minimum absolute atomic E-state index is 0.0301. The Hall–Kier alpha value is -4.26. The fourth-order valence-electron chi connectivity index (χ4n) is 3.95. The van der Waals surface area contributed by atoms with Gasteiger partial charge in [0, 0.05) is 17.8 Å². The molecule has 3 aromatic carbocycles. The molecule has 4 rings (SSSR count). The number of Topliss-reactive ketones (excluding diaryl/α,β-unsaturated/α-hetero) is 1. The van der Waals surface area contributed by atoms with E-state index in [-0.39, 0.29) is 16.9 Å². The molecule has 1 saturated heterocycles. The molecule has 0 aliphatic carbocycles. The lowest BCUT2D eigenvalue weighted by atomic mass is 9.95. The van der Waals surface area contributed by atoms with E-state index in [1.54, 1.807) is 42.5 Å².